The molecule has 154 valence electrons. The SMILES string of the molecule is CC(C)C(=O)Nc1cccc(NC(=O)c2ccc(OCC3CCCO3)c(Br)c2)c1. The molecule has 3 rings (SSSR count). The average molecular weight is 461 g/mol. The Morgan fingerprint density at radius 2 is 1.93 bits per heavy atom. The normalized spacial score (nSPS) is 15.9. The average Bonchev–Trinajstić information content (AvgIpc) is 3.20. The number of hydrogen-bond donors (Lipinski definition) is 2. The maximum absolute atomic E-state index is 12.6. The predicted octanol–water partition coefficient (Wildman–Crippen LogP) is 4.85. The molecule has 1 atom stereocenters. The first-order valence-corrected chi connectivity index (χ1v) is 10.5. The third kappa shape index (κ3) is 6.05. The number of halogens is 1. The van der Waals surface area contributed by atoms with Gasteiger partial charge >= 0.3 is 0 Å². The van der Waals surface area contributed by atoms with Crippen LogP contribution in [0.25, 0.3) is 0 Å². The highest BCUT2D eigenvalue weighted by atomic mass is 79.9. The van der Waals surface area contributed by atoms with Crippen molar-refractivity contribution in [3.05, 3.63) is 52.5 Å². The summed E-state index contributed by atoms with van der Waals surface area (Å²) in [6.07, 6.45) is 2.21. The third-order valence-electron chi connectivity index (χ3n) is 4.56. The second kappa shape index (κ2) is 9.89. The number of anilines is 2. The van der Waals surface area contributed by atoms with Crippen molar-refractivity contribution >= 4 is 39.1 Å². The molecule has 2 aromatic carbocycles. The lowest BCUT2D eigenvalue weighted by Crippen LogP contribution is -2.18. The summed E-state index contributed by atoms with van der Waals surface area (Å²) >= 11 is 3.47. The van der Waals surface area contributed by atoms with Crippen molar-refractivity contribution in [3.63, 3.8) is 0 Å². The topological polar surface area (TPSA) is 76.7 Å². The van der Waals surface area contributed by atoms with Gasteiger partial charge in [-0.25, -0.2) is 0 Å². The van der Waals surface area contributed by atoms with E-state index in [2.05, 4.69) is 26.6 Å². The standard InChI is InChI=1S/C22H25BrN2O4/c1-14(2)21(26)24-16-5-3-6-17(12-16)25-22(27)15-8-9-20(19(23)11-15)29-13-18-7-4-10-28-18/h3,5-6,8-9,11-12,14,18H,4,7,10,13H2,1-2H3,(H,24,26)(H,25,27). The molecule has 29 heavy (non-hydrogen) atoms. The maximum Gasteiger partial charge on any atom is 0.255 e. The van der Waals surface area contributed by atoms with Crippen LogP contribution in [0.3, 0.4) is 0 Å². The highest BCUT2D eigenvalue weighted by Crippen LogP contribution is 2.27. The molecular weight excluding hydrogens is 436 g/mol. The molecule has 2 amide bonds. The summed E-state index contributed by atoms with van der Waals surface area (Å²) in [6, 6.07) is 12.3. The fourth-order valence-electron chi connectivity index (χ4n) is 2.88. The van der Waals surface area contributed by atoms with E-state index in [-0.39, 0.29) is 23.8 Å². The van der Waals surface area contributed by atoms with Gasteiger partial charge in [0.2, 0.25) is 5.91 Å². The van der Waals surface area contributed by atoms with Crippen molar-refractivity contribution in [3.8, 4) is 5.75 Å². The smallest absolute Gasteiger partial charge is 0.255 e. The van der Waals surface area contributed by atoms with E-state index < -0.39 is 0 Å². The lowest BCUT2D eigenvalue weighted by atomic mass is 10.2. The van der Waals surface area contributed by atoms with Crippen LogP contribution >= 0.6 is 15.9 Å². The Hall–Kier alpha value is -2.38. The van der Waals surface area contributed by atoms with Crippen molar-refractivity contribution < 1.29 is 19.1 Å². The van der Waals surface area contributed by atoms with Crippen molar-refractivity contribution in [1.29, 1.82) is 0 Å². The zero-order valence-corrected chi connectivity index (χ0v) is 18.1. The second-order valence-corrected chi connectivity index (χ2v) is 8.12. The van der Waals surface area contributed by atoms with Gasteiger partial charge in [0.1, 0.15) is 12.4 Å². The largest absolute Gasteiger partial charge is 0.490 e. The molecule has 2 aromatic rings. The summed E-state index contributed by atoms with van der Waals surface area (Å²) in [5.74, 6) is 0.238. The van der Waals surface area contributed by atoms with Crippen molar-refractivity contribution in [2.24, 2.45) is 5.92 Å². The van der Waals surface area contributed by atoms with Crippen molar-refractivity contribution in [2.75, 3.05) is 23.8 Å². The molecule has 6 nitrogen and oxygen atoms in total. The number of rotatable bonds is 7. The van der Waals surface area contributed by atoms with E-state index in [0.29, 0.717) is 33.8 Å². The molecule has 2 N–H and O–H groups in total. The van der Waals surface area contributed by atoms with Gasteiger partial charge < -0.3 is 20.1 Å². The zero-order chi connectivity index (χ0) is 20.8. The Balaban J connectivity index is 1.61. The minimum atomic E-state index is -0.247. The number of carbonyl (C=O) groups is 2. The van der Waals surface area contributed by atoms with E-state index in [1.54, 1.807) is 42.5 Å². The molecule has 0 saturated carbocycles. The van der Waals surface area contributed by atoms with Gasteiger partial charge in [-0.3, -0.25) is 9.59 Å². The Kier molecular flexibility index (Phi) is 7.28. The van der Waals surface area contributed by atoms with Crippen LogP contribution in [0.4, 0.5) is 11.4 Å². The maximum atomic E-state index is 12.6. The summed E-state index contributed by atoms with van der Waals surface area (Å²) in [6.45, 7) is 4.94. The number of nitrogens with one attached hydrogen (secondary N) is 2. The third-order valence-corrected chi connectivity index (χ3v) is 5.17. The highest BCUT2D eigenvalue weighted by Gasteiger charge is 2.17. The van der Waals surface area contributed by atoms with Gasteiger partial charge in [-0.1, -0.05) is 19.9 Å². The Labute approximate surface area is 179 Å². The van der Waals surface area contributed by atoms with Crippen LogP contribution in [0.2, 0.25) is 0 Å². The molecule has 1 unspecified atom stereocenters. The van der Waals surface area contributed by atoms with Crippen molar-refractivity contribution in [1.82, 2.24) is 0 Å². The van der Waals surface area contributed by atoms with Gasteiger partial charge in [0.05, 0.1) is 10.6 Å². The molecule has 0 aromatic heterocycles. The highest BCUT2D eigenvalue weighted by molar-refractivity contribution is 9.10. The molecular formula is C22H25BrN2O4. The molecule has 1 heterocycles. The Morgan fingerprint density at radius 3 is 2.59 bits per heavy atom. The fourth-order valence-corrected chi connectivity index (χ4v) is 3.38. The first-order valence-electron chi connectivity index (χ1n) is 9.68. The van der Waals surface area contributed by atoms with Crippen molar-refractivity contribution in [2.45, 2.75) is 32.8 Å². The molecule has 1 aliphatic rings. The molecule has 1 aliphatic heterocycles. The molecule has 1 saturated heterocycles. The summed E-state index contributed by atoms with van der Waals surface area (Å²) in [5, 5.41) is 5.68. The molecule has 7 heteroatoms. The minimum Gasteiger partial charge on any atom is -0.490 e. The lowest BCUT2D eigenvalue weighted by Gasteiger charge is -2.14. The van der Waals surface area contributed by atoms with Gasteiger partial charge in [0.25, 0.3) is 5.91 Å². The van der Waals surface area contributed by atoms with Crippen LogP contribution in [-0.2, 0) is 9.53 Å². The number of hydrogen-bond acceptors (Lipinski definition) is 4. The second-order valence-electron chi connectivity index (χ2n) is 7.27. The van der Waals surface area contributed by atoms with Gasteiger partial charge in [-0.15, -0.1) is 0 Å². The van der Waals surface area contributed by atoms with Crippen LogP contribution < -0.4 is 15.4 Å². The van der Waals surface area contributed by atoms with E-state index in [1.165, 1.54) is 0 Å². The number of carbonyl (C=O) groups excluding carboxylic acids is 2. The molecule has 0 radical (unpaired) electrons. The summed E-state index contributed by atoms with van der Waals surface area (Å²) in [4.78, 5) is 24.5. The lowest BCUT2D eigenvalue weighted by molar-refractivity contribution is -0.118. The van der Waals surface area contributed by atoms with Crippen LogP contribution in [0.15, 0.2) is 46.9 Å². The predicted molar refractivity (Wildman–Crippen MR) is 116 cm³/mol. The zero-order valence-electron chi connectivity index (χ0n) is 16.5. The number of amides is 2. The van der Waals surface area contributed by atoms with E-state index >= 15 is 0 Å². The van der Waals surface area contributed by atoms with Gasteiger partial charge in [0, 0.05) is 29.5 Å². The molecule has 0 aliphatic carbocycles. The van der Waals surface area contributed by atoms with Gasteiger partial charge in [-0.05, 0) is 65.2 Å². The van der Waals surface area contributed by atoms with Crippen LogP contribution in [0, 0.1) is 5.92 Å². The Bertz CT molecular complexity index is 879. The molecule has 0 bridgehead atoms. The van der Waals surface area contributed by atoms with E-state index in [4.69, 9.17) is 9.47 Å². The first kappa shape index (κ1) is 21.3. The van der Waals surface area contributed by atoms with Crippen LogP contribution in [0.5, 0.6) is 5.75 Å². The summed E-state index contributed by atoms with van der Waals surface area (Å²) in [5.41, 5.74) is 1.74. The summed E-state index contributed by atoms with van der Waals surface area (Å²) in [7, 11) is 0. The van der Waals surface area contributed by atoms with E-state index in [0.717, 1.165) is 19.4 Å². The fraction of sp³-hybridized carbons (Fsp3) is 0.364. The van der Waals surface area contributed by atoms with Gasteiger partial charge in [0.15, 0.2) is 0 Å². The molecule has 1 fully saturated rings. The Morgan fingerprint density at radius 1 is 1.17 bits per heavy atom. The summed E-state index contributed by atoms with van der Waals surface area (Å²) < 4.78 is 12.1. The quantitative estimate of drug-likeness (QED) is 0.618. The monoisotopic (exact) mass is 460 g/mol. The van der Waals surface area contributed by atoms with Crippen LogP contribution in [0.1, 0.15) is 37.0 Å². The van der Waals surface area contributed by atoms with E-state index in [9.17, 15) is 9.59 Å². The van der Waals surface area contributed by atoms with Crippen LogP contribution in [-0.4, -0.2) is 31.1 Å². The van der Waals surface area contributed by atoms with Gasteiger partial charge in [-0.2, -0.15) is 0 Å². The van der Waals surface area contributed by atoms with E-state index in [1.807, 2.05) is 13.8 Å². The minimum absolute atomic E-state index is 0.0731. The first-order chi connectivity index (χ1) is 13.9. The number of benzene rings is 2. The molecule has 0 spiro atoms. The number of ether oxygens (including phenoxy) is 2.